The fourth-order valence-corrected chi connectivity index (χ4v) is 3.33. The summed E-state index contributed by atoms with van der Waals surface area (Å²) in [4.78, 5) is 2.14. The van der Waals surface area contributed by atoms with Crippen LogP contribution in [0.5, 0.6) is 0 Å². The second-order valence-electron chi connectivity index (χ2n) is 6.74. The Hall–Kier alpha value is -1.88. The van der Waals surface area contributed by atoms with Gasteiger partial charge >= 0.3 is 0 Å². The van der Waals surface area contributed by atoms with Crippen LogP contribution in [0.25, 0.3) is 0 Å². The molecular formula is C21H23ClFNO2. The molecule has 2 aromatic rings. The number of halogens is 2. The highest BCUT2D eigenvalue weighted by Gasteiger charge is 2.29. The molecule has 0 amide bonds. The molecule has 2 unspecified atom stereocenters. The van der Waals surface area contributed by atoms with Gasteiger partial charge in [0.25, 0.3) is 0 Å². The summed E-state index contributed by atoms with van der Waals surface area (Å²) in [5.41, 5.74) is 0.608. The molecule has 3 rings (SSSR count). The number of aliphatic hydroxyl groups is 2. The van der Waals surface area contributed by atoms with E-state index in [0.29, 0.717) is 17.9 Å². The number of hydrogen-bond donors (Lipinski definition) is 2. The van der Waals surface area contributed by atoms with Crippen LogP contribution in [0.3, 0.4) is 0 Å². The Morgan fingerprint density at radius 1 is 1.12 bits per heavy atom. The molecule has 26 heavy (non-hydrogen) atoms. The number of nitrogens with zero attached hydrogens (tertiary/aromatic N) is 1. The molecule has 1 aliphatic rings. The molecule has 0 spiro atoms. The molecule has 0 saturated carbocycles. The average molecular weight is 376 g/mol. The van der Waals surface area contributed by atoms with Crippen LogP contribution in [0.4, 0.5) is 4.39 Å². The van der Waals surface area contributed by atoms with Crippen molar-refractivity contribution in [1.29, 1.82) is 0 Å². The second-order valence-corrected chi connectivity index (χ2v) is 7.18. The summed E-state index contributed by atoms with van der Waals surface area (Å²) in [7, 11) is 0. The van der Waals surface area contributed by atoms with Crippen molar-refractivity contribution in [3.05, 3.63) is 82.8 Å². The molecule has 138 valence electrons. The second kappa shape index (κ2) is 8.21. The van der Waals surface area contributed by atoms with Gasteiger partial charge in [-0.3, -0.25) is 0 Å². The highest BCUT2D eigenvalue weighted by molar-refractivity contribution is 6.30. The monoisotopic (exact) mass is 375 g/mol. The van der Waals surface area contributed by atoms with Gasteiger partial charge in [0.1, 0.15) is 11.4 Å². The van der Waals surface area contributed by atoms with E-state index in [1.807, 2.05) is 24.4 Å². The number of rotatable bonds is 6. The summed E-state index contributed by atoms with van der Waals surface area (Å²) in [6, 6.07) is 13.2. The van der Waals surface area contributed by atoms with Crippen LogP contribution in [0, 0.1) is 5.82 Å². The molecule has 1 aliphatic heterocycles. The molecule has 2 atom stereocenters. The van der Waals surface area contributed by atoms with Gasteiger partial charge in [0.05, 0.1) is 6.10 Å². The van der Waals surface area contributed by atoms with Gasteiger partial charge in [-0.05, 0) is 60.5 Å². The summed E-state index contributed by atoms with van der Waals surface area (Å²) >= 11 is 5.91. The smallest absolute Gasteiger partial charge is 0.123 e. The highest BCUT2D eigenvalue weighted by atomic mass is 35.5. The summed E-state index contributed by atoms with van der Waals surface area (Å²) < 4.78 is 12.9. The van der Waals surface area contributed by atoms with E-state index in [1.54, 1.807) is 24.3 Å². The Labute approximate surface area is 158 Å². The SMILES string of the molecule is OC(CCCN1C=CC(O)(c2ccc(Cl)cc2)CC1)c1ccc(F)cc1. The highest BCUT2D eigenvalue weighted by Crippen LogP contribution is 2.31. The van der Waals surface area contributed by atoms with E-state index in [-0.39, 0.29) is 5.82 Å². The Kier molecular flexibility index (Phi) is 5.97. The molecule has 0 fully saturated rings. The van der Waals surface area contributed by atoms with E-state index < -0.39 is 11.7 Å². The first-order chi connectivity index (χ1) is 12.5. The lowest BCUT2D eigenvalue weighted by atomic mass is 9.88. The molecule has 2 aromatic carbocycles. The zero-order valence-corrected chi connectivity index (χ0v) is 15.2. The van der Waals surface area contributed by atoms with E-state index in [2.05, 4.69) is 4.90 Å². The van der Waals surface area contributed by atoms with Crippen LogP contribution < -0.4 is 0 Å². The number of hydrogen-bond acceptors (Lipinski definition) is 3. The summed E-state index contributed by atoms with van der Waals surface area (Å²) in [6.45, 7) is 1.54. The summed E-state index contributed by atoms with van der Waals surface area (Å²) in [5.74, 6) is -0.299. The molecule has 3 nitrogen and oxygen atoms in total. The Bertz CT molecular complexity index is 748. The van der Waals surface area contributed by atoms with Crippen molar-refractivity contribution < 1.29 is 14.6 Å². The molecule has 5 heteroatoms. The van der Waals surface area contributed by atoms with Gasteiger partial charge in [-0.25, -0.2) is 4.39 Å². The predicted octanol–water partition coefficient (Wildman–Crippen LogP) is 4.40. The summed E-state index contributed by atoms with van der Waals surface area (Å²) in [5, 5.41) is 21.6. The summed E-state index contributed by atoms with van der Waals surface area (Å²) in [6.07, 6.45) is 5.17. The topological polar surface area (TPSA) is 43.7 Å². The predicted molar refractivity (Wildman–Crippen MR) is 101 cm³/mol. The molecule has 1 heterocycles. The third-order valence-electron chi connectivity index (χ3n) is 4.86. The largest absolute Gasteiger partial charge is 0.388 e. The lowest BCUT2D eigenvalue weighted by molar-refractivity contribution is 0.0574. The molecule has 2 N–H and O–H groups in total. The third-order valence-corrected chi connectivity index (χ3v) is 5.11. The van der Waals surface area contributed by atoms with Crippen LogP contribution in [-0.2, 0) is 5.60 Å². The molecule has 0 bridgehead atoms. The molecule has 0 radical (unpaired) electrons. The maximum absolute atomic E-state index is 12.9. The van der Waals surface area contributed by atoms with Crippen LogP contribution in [0.1, 0.15) is 36.5 Å². The molecular weight excluding hydrogens is 353 g/mol. The molecule has 0 aliphatic carbocycles. The first kappa shape index (κ1) is 18.9. The van der Waals surface area contributed by atoms with Crippen molar-refractivity contribution in [2.45, 2.75) is 31.0 Å². The van der Waals surface area contributed by atoms with Gasteiger partial charge in [-0.1, -0.05) is 35.9 Å². The fraction of sp³-hybridized carbons (Fsp3) is 0.333. The molecule has 0 saturated heterocycles. The van der Waals surface area contributed by atoms with Gasteiger partial charge in [0, 0.05) is 24.5 Å². The third kappa shape index (κ3) is 4.64. The van der Waals surface area contributed by atoms with Gasteiger partial charge in [0.2, 0.25) is 0 Å². The lowest BCUT2D eigenvalue weighted by Gasteiger charge is -2.34. The molecule has 0 aromatic heterocycles. The van der Waals surface area contributed by atoms with E-state index >= 15 is 0 Å². The average Bonchev–Trinajstić information content (AvgIpc) is 2.64. The standard InChI is InChI=1S/C21H23ClFNO2/c22-18-7-5-17(6-8-18)21(26)11-14-24(15-12-21)13-1-2-20(25)16-3-9-19(23)10-4-16/h3-11,14,20,25-26H,1-2,12-13,15H2. The van der Waals surface area contributed by atoms with E-state index in [0.717, 1.165) is 30.6 Å². The van der Waals surface area contributed by atoms with Gasteiger partial charge in [-0.2, -0.15) is 0 Å². The van der Waals surface area contributed by atoms with Crippen molar-refractivity contribution in [2.75, 3.05) is 13.1 Å². The normalized spacial score (nSPS) is 21.0. The van der Waals surface area contributed by atoms with Crippen molar-refractivity contribution in [3.8, 4) is 0 Å². The minimum atomic E-state index is -0.964. The van der Waals surface area contributed by atoms with Gasteiger partial charge < -0.3 is 15.1 Å². The Morgan fingerprint density at radius 3 is 2.42 bits per heavy atom. The van der Waals surface area contributed by atoms with Crippen molar-refractivity contribution in [3.63, 3.8) is 0 Å². The minimum Gasteiger partial charge on any atom is -0.388 e. The first-order valence-electron chi connectivity index (χ1n) is 8.82. The minimum absolute atomic E-state index is 0.299. The fourth-order valence-electron chi connectivity index (χ4n) is 3.21. The van der Waals surface area contributed by atoms with Crippen molar-refractivity contribution in [1.82, 2.24) is 4.90 Å². The first-order valence-corrected chi connectivity index (χ1v) is 9.19. The Morgan fingerprint density at radius 2 is 1.81 bits per heavy atom. The maximum atomic E-state index is 12.9. The van der Waals surface area contributed by atoms with E-state index in [1.165, 1.54) is 12.1 Å². The van der Waals surface area contributed by atoms with Gasteiger partial charge in [-0.15, -0.1) is 0 Å². The number of aliphatic hydroxyl groups excluding tert-OH is 1. The zero-order valence-electron chi connectivity index (χ0n) is 14.5. The van der Waals surface area contributed by atoms with Crippen LogP contribution in [0.15, 0.2) is 60.8 Å². The quantitative estimate of drug-likeness (QED) is 0.786. The van der Waals surface area contributed by atoms with E-state index in [4.69, 9.17) is 11.6 Å². The van der Waals surface area contributed by atoms with Crippen LogP contribution in [-0.4, -0.2) is 28.2 Å². The van der Waals surface area contributed by atoms with E-state index in [9.17, 15) is 14.6 Å². The Balaban J connectivity index is 1.50. The van der Waals surface area contributed by atoms with Crippen molar-refractivity contribution >= 4 is 11.6 Å². The number of benzene rings is 2. The van der Waals surface area contributed by atoms with Crippen LogP contribution >= 0.6 is 11.6 Å². The lowest BCUT2D eigenvalue weighted by Crippen LogP contribution is -2.35. The van der Waals surface area contributed by atoms with Crippen molar-refractivity contribution in [2.24, 2.45) is 0 Å². The zero-order chi connectivity index (χ0) is 18.6. The van der Waals surface area contributed by atoms with Crippen LogP contribution in [0.2, 0.25) is 5.02 Å². The van der Waals surface area contributed by atoms with Gasteiger partial charge in [0.15, 0.2) is 0 Å². The maximum Gasteiger partial charge on any atom is 0.123 e.